The molecular weight excluding hydrogens is 503 g/mol. The number of benzene rings is 4. The standard InChI is InChI=1S/C28H24Cl2O2S2/c1-33-25-15-7-21(8-16-25)27(31,19-3-11-23(29)12-4-19)28(32,20-5-13-24(30)14-6-20)22-9-17-26(34-2)18-10-22/h3-18,31-32H,1-2H3. The van der Waals surface area contributed by atoms with Crippen LogP contribution in [0.3, 0.4) is 0 Å². The van der Waals surface area contributed by atoms with Crippen molar-refractivity contribution in [1.82, 2.24) is 0 Å². The second-order valence-electron chi connectivity index (χ2n) is 7.89. The molecular formula is C28H24Cl2O2S2. The van der Waals surface area contributed by atoms with Crippen molar-refractivity contribution in [3.8, 4) is 0 Å². The van der Waals surface area contributed by atoms with E-state index in [-0.39, 0.29) is 0 Å². The summed E-state index contributed by atoms with van der Waals surface area (Å²) in [6, 6.07) is 29.1. The van der Waals surface area contributed by atoms with Crippen LogP contribution in [0.1, 0.15) is 22.3 Å². The van der Waals surface area contributed by atoms with Crippen LogP contribution in [0.2, 0.25) is 10.0 Å². The largest absolute Gasteiger partial charge is 0.377 e. The van der Waals surface area contributed by atoms with Crippen molar-refractivity contribution in [3.05, 3.63) is 129 Å². The van der Waals surface area contributed by atoms with Gasteiger partial charge in [0.25, 0.3) is 0 Å². The van der Waals surface area contributed by atoms with Gasteiger partial charge < -0.3 is 10.2 Å². The van der Waals surface area contributed by atoms with E-state index in [1.165, 1.54) is 0 Å². The molecule has 2 N–H and O–H groups in total. The fraction of sp³-hybridized carbons (Fsp3) is 0.143. The summed E-state index contributed by atoms with van der Waals surface area (Å²) in [5.41, 5.74) is -1.55. The summed E-state index contributed by atoms with van der Waals surface area (Å²) in [4.78, 5) is 2.11. The number of hydrogen-bond donors (Lipinski definition) is 2. The third kappa shape index (κ3) is 4.51. The molecule has 34 heavy (non-hydrogen) atoms. The summed E-state index contributed by atoms with van der Waals surface area (Å²) >= 11 is 15.6. The molecule has 4 rings (SSSR count). The molecule has 0 aromatic heterocycles. The van der Waals surface area contributed by atoms with Crippen LogP contribution in [0.15, 0.2) is 107 Å². The third-order valence-corrected chi connectivity index (χ3v) is 8.05. The van der Waals surface area contributed by atoms with E-state index >= 15 is 0 Å². The van der Waals surface area contributed by atoms with Gasteiger partial charge in [-0.1, -0.05) is 71.7 Å². The predicted octanol–water partition coefficient (Wildman–Crippen LogP) is 7.61. The van der Waals surface area contributed by atoms with Gasteiger partial charge in [-0.3, -0.25) is 0 Å². The van der Waals surface area contributed by atoms with Gasteiger partial charge in [0.2, 0.25) is 0 Å². The topological polar surface area (TPSA) is 40.5 Å². The molecule has 0 heterocycles. The highest BCUT2D eigenvalue weighted by Gasteiger charge is 2.54. The zero-order valence-electron chi connectivity index (χ0n) is 18.7. The molecule has 0 aliphatic carbocycles. The van der Waals surface area contributed by atoms with Gasteiger partial charge in [0, 0.05) is 19.8 Å². The Bertz CT molecular complexity index is 1140. The monoisotopic (exact) mass is 526 g/mol. The maximum atomic E-state index is 12.7. The lowest BCUT2D eigenvalue weighted by Gasteiger charge is -2.45. The maximum Gasteiger partial charge on any atom is 0.152 e. The van der Waals surface area contributed by atoms with Gasteiger partial charge in [-0.25, -0.2) is 0 Å². The summed E-state index contributed by atoms with van der Waals surface area (Å²) < 4.78 is 0. The van der Waals surface area contributed by atoms with Crippen molar-refractivity contribution < 1.29 is 10.2 Å². The van der Waals surface area contributed by atoms with Crippen molar-refractivity contribution in [3.63, 3.8) is 0 Å². The summed E-state index contributed by atoms with van der Waals surface area (Å²) in [5.74, 6) is 0. The molecule has 6 heteroatoms. The van der Waals surface area contributed by atoms with Crippen molar-refractivity contribution in [2.45, 2.75) is 21.0 Å². The normalized spacial score (nSPS) is 14.9. The second kappa shape index (κ2) is 10.4. The molecule has 0 aliphatic rings. The Morgan fingerprint density at radius 3 is 0.941 bits per heavy atom. The van der Waals surface area contributed by atoms with Crippen LogP contribution in [0, 0.1) is 0 Å². The molecule has 4 aromatic carbocycles. The van der Waals surface area contributed by atoms with Crippen molar-refractivity contribution in [2.75, 3.05) is 12.5 Å². The van der Waals surface area contributed by atoms with Crippen LogP contribution < -0.4 is 0 Å². The fourth-order valence-electron chi connectivity index (χ4n) is 4.22. The summed E-state index contributed by atoms with van der Waals surface area (Å²) in [6.07, 6.45) is 4.00. The zero-order chi connectivity index (χ0) is 24.3. The van der Waals surface area contributed by atoms with E-state index < -0.39 is 11.2 Å². The minimum atomic E-state index is -1.84. The Morgan fingerprint density at radius 1 is 0.471 bits per heavy atom. The number of thioether (sulfide) groups is 2. The quantitative estimate of drug-likeness (QED) is 0.243. The zero-order valence-corrected chi connectivity index (χ0v) is 21.8. The van der Waals surface area contributed by atoms with Gasteiger partial charge in [0.15, 0.2) is 11.2 Å². The minimum absolute atomic E-state index is 0.514. The number of rotatable bonds is 7. The third-order valence-electron chi connectivity index (χ3n) is 6.06. The summed E-state index contributed by atoms with van der Waals surface area (Å²) in [5, 5.41) is 26.5. The van der Waals surface area contributed by atoms with Crippen LogP contribution >= 0.6 is 46.7 Å². The summed E-state index contributed by atoms with van der Waals surface area (Å²) in [7, 11) is 0. The van der Waals surface area contributed by atoms with E-state index in [4.69, 9.17) is 23.2 Å². The van der Waals surface area contributed by atoms with Gasteiger partial charge >= 0.3 is 0 Å². The molecule has 2 atom stereocenters. The van der Waals surface area contributed by atoms with Crippen LogP contribution in [-0.2, 0) is 11.2 Å². The predicted molar refractivity (Wildman–Crippen MR) is 145 cm³/mol. The van der Waals surface area contributed by atoms with Crippen LogP contribution in [0.4, 0.5) is 0 Å². The van der Waals surface area contributed by atoms with Gasteiger partial charge in [-0.2, -0.15) is 0 Å². The molecule has 0 spiro atoms. The van der Waals surface area contributed by atoms with Crippen molar-refractivity contribution in [1.29, 1.82) is 0 Å². The van der Waals surface area contributed by atoms with E-state index in [0.29, 0.717) is 32.3 Å². The average Bonchev–Trinajstić information content (AvgIpc) is 2.88. The number of halogens is 2. The number of hydrogen-bond acceptors (Lipinski definition) is 4. The molecule has 0 aliphatic heterocycles. The lowest BCUT2D eigenvalue weighted by Crippen LogP contribution is -2.51. The maximum absolute atomic E-state index is 12.7. The highest BCUT2D eigenvalue weighted by atomic mass is 35.5. The van der Waals surface area contributed by atoms with Crippen LogP contribution in [-0.4, -0.2) is 22.7 Å². The fourth-order valence-corrected chi connectivity index (χ4v) is 5.28. The minimum Gasteiger partial charge on any atom is -0.377 e. The van der Waals surface area contributed by atoms with Crippen LogP contribution in [0.5, 0.6) is 0 Å². The Morgan fingerprint density at radius 2 is 0.706 bits per heavy atom. The summed E-state index contributed by atoms with van der Waals surface area (Å²) in [6.45, 7) is 0. The van der Waals surface area contributed by atoms with Crippen molar-refractivity contribution in [2.24, 2.45) is 0 Å². The second-order valence-corrected chi connectivity index (χ2v) is 10.5. The average molecular weight is 528 g/mol. The molecule has 174 valence electrons. The lowest BCUT2D eigenvalue weighted by molar-refractivity contribution is -0.113. The Hall–Kier alpha value is -1.92. The highest BCUT2D eigenvalue weighted by Crippen LogP contribution is 2.50. The van der Waals surface area contributed by atoms with Crippen molar-refractivity contribution >= 4 is 46.7 Å². The SMILES string of the molecule is CSc1ccc(C(O)(c2ccc(Cl)cc2)C(O)(c2ccc(Cl)cc2)c2ccc(SC)cc2)cc1. The first-order valence-corrected chi connectivity index (χ1v) is 13.8. The molecule has 0 bridgehead atoms. The molecule has 4 aromatic rings. The Kier molecular flexibility index (Phi) is 7.68. The first kappa shape index (κ1) is 25.2. The molecule has 0 fully saturated rings. The van der Waals surface area contributed by atoms with Gasteiger partial charge in [0.1, 0.15) is 0 Å². The van der Waals surface area contributed by atoms with Gasteiger partial charge in [-0.05, 0) is 83.3 Å². The molecule has 0 radical (unpaired) electrons. The lowest BCUT2D eigenvalue weighted by atomic mass is 9.66. The van der Waals surface area contributed by atoms with Gasteiger partial charge in [-0.15, -0.1) is 23.5 Å². The van der Waals surface area contributed by atoms with E-state index in [9.17, 15) is 10.2 Å². The van der Waals surface area contributed by atoms with Gasteiger partial charge in [0.05, 0.1) is 0 Å². The van der Waals surface area contributed by atoms with Crippen LogP contribution in [0.25, 0.3) is 0 Å². The Labute approximate surface area is 219 Å². The van der Waals surface area contributed by atoms with E-state index in [0.717, 1.165) is 9.79 Å². The molecule has 0 saturated heterocycles. The molecule has 0 saturated carbocycles. The first-order valence-electron chi connectivity index (χ1n) is 10.6. The number of aliphatic hydroxyl groups is 2. The Balaban J connectivity index is 2.06. The first-order chi connectivity index (χ1) is 16.3. The van der Waals surface area contributed by atoms with E-state index in [1.54, 1.807) is 72.1 Å². The molecule has 2 nitrogen and oxygen atoms in total. The van der Waals surface area contributed by atoms with E-state index in [2.05, 4.69) is 0 Å². The highest BCUT2D eigenvalue weighted by molar-refractivity contribution is 7.98. The van der Waals surface area contributed by atoms with E-state index in [1.807, 2.05) is 61.0 Å². The molecule has 0 amide bonds. The molecule has 2 unspecified atom stereocenters. The smallest absolute Gasteiger partial charge is 0.152 e.